The zero-order valence-corrected chi connectivity index (χ0v) is 28.4. The molecule has 0 radical (unpaired) electrons. The Kier molecular flexibility index (Phi) is 16.3. The van der Waals surface area contributed by atoms with Gasteiger partial charge in [0.1, 0.15) is 17.6 Å². The molecule has 0 saturated heterocycles. The average molecular weight is 683 g/mol. The number of esters is 6. The van der Waals surface area contributed by atoms with Crippen molar-refractivity contribution in [3.8, 4) is 11.5 Å². The van der Waals surface area contributed by atoms with Gasteiger partial charge in [-0.3, -0.25) is 19.2 Å². The number of hydrogen-bond acceptors (Lipinski definition) is 12. The van der Waals surface area contributed by atoms with E-state index in [9.17, 15) is 28.8 Å². The fraction of sp³-hybridized carbons (Fsp3) is 0.514. The average Bonchev–Trinajstić information content (AvgIpc) is 3.10. The summed E-state index contributed by atoms with van der Waals surface area (Å²) in [6, 6.07) is 12.3. The van der Waals surface area contributed by atoms with Crippen molar-refractivity contribution < 1.29 is 57.2 Å². The summed E-state index contributed by atoms with van der Waals surface area (Å²) in [4.78, 5) is 71.3. The molecule has 1 atom stereocenters. The molecule has 1 aliphatic carbocycles. The maximum atomic E-state index is 12.7. The Balaban J connectivity index is 1.29. The molecule has 3 rings (SSSR count). The number of ether oxygens (including phenoxy) is 6. The summed E-state index contributed by atoms with van der Waals surface area (Å²) in [5, 5.41) is 0. The van der Waals surface area contributed by atoms with Crippen LogP contribution in [-0.2, 0) is 38.1 Å². The first-order valence-corrected chi connectivity index (χ1v) is 16.7. The van der Waals surface area contributed by atoms with E-state index in [0.29, 0.717) is 53.9 Å². The lowest BCUT2D eigenvalue weighted by Gasteiger charge is -2.32. The van der Waals surface area contributed by atoms with E-state index in [1.807, 2.05) is 0 Å². The highest BCUT2D eigenvalue weighted by molar-refractivity contribution is 5.90. The van der Waals surface area contributed by atoms with E-state index in [1.165, 1.54) is 26.4 Å². The summed E-state index contributed by atoms with van der Waals surface area (Å²) in [6.45, 7) is 2.49. The minimum absolute atomic E-state index is 0.0774. The van der Waals surface area contributed by atoms with E-state index in [4.69, 9.17) is 18.9 Å². The van der Waals surface area contributed by atoms with E-state index in [1.54, 1.807) is 36.4 Å². The molecular weight excluding hydrogens is 636 g/mol. The number of benzene rings is 2. The predicted molar refractivity (Wildman–Crippen MR) is 176 cm³/mol. The first-order valence-electron chi connectivity index (χ1n) is 16.7. The Hall–Kier alpha value is -4.74. The first-order chi connectivity index (χ1) is 23.6. The molecule has 0 aliphatic heterocycles. The second kappa shape index (κ2) is 20.6. The fourth-order valence-electron chi connectivity index (χ4n) is 5.53. The quantitative estimate of drug-likeness (QED) is 0.0763. The van der Waals surface area contributed by atoms with E-state index < -0.39 is 23.9 Å². The summed E-state index contributed by atoms with van der Waals surface area (Å²) in [7, 11) is 2.58. The summed E-state index contributed by atoms with van der Waals surface area (Å²) in [5.41, 5.74) is 0.730. The van der Waals surface area contributed by atoms with Gasteiger partial charge in [-0.25, -0.2) is 9.59 Å². The lowest BCUT2D eigenvalue weighted by Crippen LogP contribution is -2.27. The molecule has 12 nitrogen and oxygen atoms in total. The van der Waals surface area contributed by atoms with E-state index in [-0.39, 0.29) is 43.7 Å². The molecule has 266 valence electrons. The Morgan fingerprint density at radius 1 is 0.612 bits per heavy atom. The lowest BCUT2D eigenvalue weighted by atomic mass is 9.78. The molecule has 0 amide bonds. The molecule has 2 aromatic rings. The second-order valence-corrected chi connectivity index (χ2v) is 12.1. The molecule has 1 aliphatic rings. The van der Waals surface area contributed by atoms with Crippen LogP contribution in [0, 0.1) is 11.8 Å². The Morgan fingerprint density at radius 3 is 1.53 bits per heavy atom. The van der Waals surface area contributed by atoms with Crippen molar-refractivity contribution in [2.24, 2.45) is 11.8 Å². The van der Waals surface area contributed by atoms with Crippen LogP contribution in [0.1, 0.15) is 105 Å². The van der Waals surface area contributed by atoms with Crippen molar-refractivity contribution >= 4 is 35.8 Å². The lowest BCUT2D eigenvalue weighted by molar-refractivity contribution is -0.142. The third kappa shape index (κ3) is 14.1. The van der Waals surface area contributed by atoms with E-state index in [2.05, 4.69) is 16.4 Å². The van der Waals surface area contributed by atoms with Gasteiger partial charge in [-0.2, -0.15) is 0 Å². The fourth-order valence-corrected chi connectivity index (χ4v) is 5.53. The van der Waals surface area contributed by atoms with Gasteiger partial charge in [-0.1, -0.05) is 6.92 Å². The third-order valence-corrected chi connectivity index (χ3v) is 8.46. The van der Waals surface area contributed by atoms with Crippen molar-refractivity contribution in [1.29, 1.82) is 0 Å². The monoisotopic (exact) mass is 682 g/mol. The second-order valence-electron chi connectivity index (χ2n) is 12.1. The van der Waals surface area contributed by atoms with Gasteiger partial charge < -0.3 is 28.4 Å². The van der Waals surface area contributed by atoms with Crippen LogP contribution in [0.15, 0.2) is 48.5 Å². The zero-order chi connectivity index (χ0) is 35.6. The van der Waals surface area contributed by atoms with Crippen molar-refractivity contribution in [3.63, 3.8) is 0 Å². The molecular formula is C37H46O12. The summed E-state index contributed by atoms with van der Waals surface area (Å²) >= 11 is 0. The molecule has 49 heavy (non-hydrogen) atoms. The van der Waals surface area contributed by atoms with Gasteiger partial charge in [0.05, 0.1) is 32.0 Å². The van der Waals surface area contributed by atoms with Gasteiger partial charge in [0, 0.05) is 25.7 Å². The van der Waals surface area contributed by atoms with Crippen molar-refractivity contribution in [1.82, 2.24) is 0 Å². The zero-order valence-electron chi connectivity index (χ0n) is 28.4. The smallest absolute Gasteiger partial charge is 0.338 e. The predicted octanol–water partition coefficient (Wildman–Crippen LogP) is 6.17. The number of rotatable bonds is 18. The minimum Gasteiger partial charge on any atom is -0.469 e. The van der Waals surface area contributed by atoms with Gasteiger partial charge in [-0.05, 0) is 112 Å². The van der Waals surface area contributed by atoms with Gasteiger partial charge in [0.2, 0.25) is 0 Å². The van der Waals surface area contributed by atoms with Crippen LogP contribution >= 0.6 is 0 Å². The highest BCUT2D eigenvalue weighted by Crippen LogP contribution is 2.34. The van der Waals surface area contributed by atoms with Gasteiger partial charge in [-0.15, -0.1) is 0 Å². The third-order valence-electron chi connectivity index (χ3n) is 8.46. The molecule has 0 bridgehead atoms. The van der Waals surface area contributed by atoms with E-state index in [0.717, 1.165) is 38.5 Å². The van der Waals surface area contributed by atoms with Crippen LogP contribution in [0.5, 0.6) is 11.5 Å². The molecule has 0 N–H and O–H groups in total. The molecule has 0 aromatic heterocycles. The highest BCUT2D eigenvalue weighted by atomic mass is 16.6. The summed E-state index contributed by atoms with van der Waals surface area (Å²) in [6.07, 6.45) is 5.97. The van der Waals surface area contributed by atoms with Crippen molar-refractivity contribution in [2.75, 3.05) is 20.8 Å². The maximum absolute atomic E-state index is 12.7. The SMILES string of the molecule is COC(=O)CCCC(=O)Oc1ccc(C(=O)OCCCC(C)C2CCC(OC(=O)c3ccc(OC(=O)CCCC(=O)OC)cc3)CC2)cc1. The van der Waals surface area contributed by atoms with Crippen LogP contribution in [0.2, 0.25) is 0 Å². The van der Waals surface area contributed by atoms with Gasteiger partial charge in [0.15, 0.2) is 0 Å². The molecule has 0 spiro atoms. The highest BCUT2D eigenvalue weighted by Gasteiger charge is 2.27. The molecule has 12 heteroatoms. The van der Waals surface area contributed by atoms with Crippen LogP contribution in [0.3, 0.4) is 0 Å². The Labute approximate surface area is 286 Å². The Bertz CT molecular complexity index is 1390. The molecule has 1 fully saturated rings. The number of carbonyl (C=O) groups is 6. The molecule has 1 unspecified atom stereocenters. The summed E-state index contributed by atoms with van der Waals surface area (Å²) < 4.78 is 30.8. The topological polar surface area (TPSA) is 158 Å². The van der Waals surface area contributed by atoms with Crippen molar-refractivity contribution in [3.05, 3.63) is 59.7 Å². The van der Waals surface area contributed by atoms with Crippen LogP contribution in [0.4, 0.5) is 0 Å². The van der Waals surface area contributed by atoms with Gasteiger partial charge in [0.25, 0.3) is 0 Å². The Morgan fingerprint density at radius 2 is 1.06 bits per heavy atom. The normalized spacial score (nSPS) is 16.1. The number of methoxy groups -OCH3 is 2. The summed E-state index contributed by atoms with van der Waals surface area (Å²) in [5.74, 6) is -1.05. The minimum atomic E-state index is -0.473. The molecule has 2 aromatic carbocycles. The molecule has 0 heterocycles. The number of carbonyl (C=O) groups excluding carboxylic acids is 6. The van der Waals surface area contributed by atoms with Gasteiger partial charge >= 0.3 is 35.8 Å². The van der Waals surface area contributed by atoms with E-state index >= 15 is 0 Å². The van der Waals surface area contributed by atoms with Crippen molar-refractivity contribution in [2.45, 2.75) is 90.1 Å². The van der Waals surface area contributed by atoms with Crippen LogP contribution < -0.4 is 9.47 Å². The maximum Gasteiger partial charge on any atom is 0.338 e. The first kappa shape index (κ1) is 38.7. The standard InChI is InChI=1S/C37H46O12/c1-25(7-6-24-46-36(42)27-14-20-29(21-15-27)47-34(40)10-4-8-32(38)44-2)26-12-18-31(19-13-26)49-37(43)28-16-22-30(23-17-28)48-35(41)11-5-9-33(39)45-3/h14-17,20-23,25-26,31H,4-13,18-19,24H2,1-3H3. The number of hydrogen-bond donors (Lipinski definition) is 0. The largest absolute Gasteiger partial charge is 0.469 e. The van der Waals surface area contributed by atoms with Crippen LogP contribution in [0.25, 0.3) is 0 Å². The van der Waals surface area contributed by atoms with Crippen LogP contribution in [-0.4, -0.2) is 62.7 Å². The molecule has 1 saturated carbocycles.